The van der Waals surface area contributed by atoms with Crippen molar-refractivity contribution in [2.24, 2.45) is 5.73 Å². The van der Waals surface area contributed by atoms with Crippen molar-refractivity contribution in [2.45, 2.75) is 6.42 Å². The lowest BCUT2D eigenvalue weighted by Gasteiger charge is -2.19. The molecule has 0 aliphatic heterocycles. The van der Waals surface area contributed by atoms with E-state index in [4.69, 9.17) is 15.6 Å². The molecule has 0 radical (unpaired) electrons. The Labute approximate surface area is 98.7 Å². The maximum absolute atomic E-state index is 11.5. The van der Waals surface area contributed by atoms with E-state index in [1.807, 2.05) is 0 Å². The summed E-state index contributed by atoms with van der Waals surface area (Å²) in [5.41, 5.74) is 4.91. The zero-order valence-corrected chi connectivity index (χ0v) is 9.64. The molecule has 0 aromatic rings. The van der Waals surface area contributed by atoms with E-state index in [2.05, 4.69) is 5.32 Å². The quantitative estimate of drug-likeness (QED) is 0.455. The molecule has 8 nitrogen and oxygen atoms in total. The fourth-order valence-corrected chi connectivity index (χ4v) is 1.07. The first kappa shape index (κ1) is 15.2. The monoisotopic (exact) mass is 247 g/mol. The molecule has 98 valence electrons. The van der Waals surface area contributed by atoms with Gasteiger partial charge in [0.25, 0.3) is 0 Å². The van der Waals surface area contributed by atoms with Crippen LogP contribution in [-0.2, 0) is 14.3 Å². The number of nitrogens with two attached hydrogens (primary N) is 1. The third-order valence-corrected chi connectivity index (χ3v) is 1.76. The SMILES string of the molecule is COCCCNC(=O)N(CC(N)=O)CC(=O)O. The number of nitrogens with one attached hydrogen (secondary N) is 1. The van der Waals surface area contributed by atoms with Crippen molar-refractivity contribution in [3.8, 4) is 0 Å². The average molecular weight is 247 g/mol. The second kappa shape index (κ2) is 8.34. The smallest absolute Gasteiger partial charge is 0.323 e. The highest BCUT2D eigenvalue weighted by molar-refractivity contribution is 5.85. The fourth-order valence-electron chi connectivity index (χ4n) is 1.07. The molecule has 0 spiro atoms. The van der Waals surface area contributed by atoms with Crippen LogP contribution in [0.4, 0.5) is 4.79 Å². The van der Waals surface area contributed by atoms with Crippen LogP contribution in [0.25, 0.3) is 0 Å². The van der Waals surface area contributed by atoms with Crippen molar-refractivity contribution in [2.75, 3.05) is 33.4 Å². The van der Waals surface area contributed by atoms with Crippen LogP contribution in [0.2, 0.25) is 0 Å². The summed E-state index contributed by atoms with van der Waals surface area (Å²) >= 11 is 0. The Morgan fingerprint density at radius 3 is 2.47 bits per heavy atom. The molecule has 0 bridgehead atoms. The Hall–Kier alpha value is -1.83. The largest absolute Gasteiger partial charge is 0.480 e. The molecule has 0 aliphatic carbocycles. The molecule has 0 atom stereocenters. The number of carbonyl (C=O) groups excluding carboxylic acids is 2. The first-order valence-electron chi connectivity index (χ1n) is 4.99. The number of hydrogen-bond acceptors (Lipinski definition) is 4. The van der Waals surface area contributed by atoms with Gasteiger partial charge >= 0.3 is 12.0 Å². The summed E-state index contributed by atoms with van der Waals surface area (Å²) in [6, 6.07) is -0.637. The Balaban J connectivity index is 4.12. The third-order valence-electron chi connectivity index (χ3n) is 1.76. The maximum atomic E-state index is 11.5. The van der Waals surface area contributed by atoms with Gasteiger partial charge in [-0.2, -0.15) is 0 Å². The van der Waals surface area contributed by atoms with Gasteiger partial charge in [-0.1, -0.05) is 0 Å². The van der Waals surface area contributed by atoms with Crippen LogP contribution in [-0.4, -0.2) is 61.3 Å². The summed E-state index contributed by atoms with van der Waals surface area (Å²) in [4.78, 5) is 33.4. The first-order valence-corrected chi connectivity index (χ1v) is 4.99. The van der Waals surface area contributed by atoms with E-state index in [1.54, 1.807) is 0 Å². The van der Waals surface area contributed by atoms with Gasteiger partial charge in [-0.3, -0.25) is 9.59 Å². The number of nitrogens with zero attached hydrogens (tertiary/aromatic N) is 1. The third kappa shape index (κ3) is 8.03. The van der Waals surface area contributed by atoms with E-state index < -0.39 is 31.0 Å². The molecule has 0 saturated heterocycles. The number of carbonyl (C=O) groups is 3. The van der Waals surface area contributed by atoms with E-state index in [1.165, 1.54) is 7.11 Å². The van der Waals surface area contributed by atoms with Crippen molar-refractivity contribution < 1.29 is 24.2 Å². The Morgan fingerprint density at radius 1 is 1.35 bits per heavy atom. The van der Waals surface area contributed by atoms with Crippen molar-refractivity contribution in [1.82, 2.24) is 10.2 Å². The molecule has 0 heterocycles. The molecular weight excluding hydrogens is 230 g/mol. The predicted molar refractivity (Wildman–Crippen MR) is 58.3 cm³/mol. The molecule has 0 saturated carbocycles. The van der Waals surface area contributed by atoms with Crippen molar-refractivity contribution in [3.63, 3.8) is 0 Å². The lowest BCUT2D eigenvalue weighted by Crippen LogP contribution is -2.46. The Kier molecular flexibility index (Phi) is 7.44. The fraction of sp³-hybridized carbons (Fsp3) is 0.667. The highest BCUT2D eigenvalue weighted by Crippen LogP contribution is 1.90. The summed E-state index contributed by atoms with van der Waals surface area (Å²) in [7, 11) is 1.53. The van der Waals surface area contributed by atoms with E-state index >= 15 is 0 Å². The second-order valence-electron chi connectivity index (χ2n) is 3.29. The highest BCUT2D eigenvalue weighted by atomic mass is 16.5. The molecular formula is C9H17N3O5. The van der Waals surface area contributed by atoms with Crippen LogP contribution >= 0.6 is 0 Å². The van der Waals surface area contributed by atoms with Crippen molar-refractivity contribution in [3.05, 3.63) is 0 Å². The predicted octanol–water partition coefficient (Wildman–Crippen LogP) is -1.40. The minimum atomic E-state index is -1.21. The van der Waals surface area contributed by atoms with E-state index in [0.717, 1.165) is 4.90 Å². The first-order chi connectivity index (χ1) is 7.97. The summed E-state index contributed by atoms with van der Waals surface area (Å²) in [6.07, 6.45) is 0.597. The van der Waals surface area contributed by atoms with Crippen LogP contribution in [0, 0.1) is 0 Å². The van der Waals surface area contributed by atoms with Gasteiger partial charge in [0.05, 0.1) is 0 Å². The molecule has 0 aliphatic rings. The molecule has 0 fully saturated rings. The Bertz CT molecular complexity index is 266. The van der Waals surface area contributed by atoms with Gasteiger partial charge < -0.3 is 25.8 Å². The standard InChI is InChI=1S/C9H17N3O5/c1-17-4-2-3-11-9(16)12(5-7(10)13)6-8(14)15/h2-6H2,1H3,(H2,10,13)(H,11,16)(H,14,15). The molecule has 17 heavy (non-hydrogen) atoms. The molecule has 3 amide bonds. The number of amides is 3. The number of methoxy groups -OCH3 is 1. The number of primary amides is 1. The zero-order chi connectivity index (χ0) is 13.3. The van der Waals surface area contributed by atoms with Crippen LogP contribution in [0.5, 0.6) is 0 Å². The van der Waals surface area contributed by atoms with Gasteiger partial charge in [-0.25, -0.2) is 4.79 Å². The average Bonchev–Trinajstić information content (AvgIpc) is 2.22. The van der Waals surface area contributed by atoms with Crippen LogP contribution in [0.3, 0.4) is 0 Å². The van der Waals surface area contributed by atoms with Gasteiger partial charge in [0.2, 0.25) is 5.91 Å². The summed E-state index contributed by atoms with van der Waals surface area (Å²) in [6.45, 7) is -0.182. The van der Waals surface area contributed by atoms with E-state index in [0.29, 0.717) is 19.6 Å². The number of rotatable bonds is 8. The lowest BCUT2D eigenvalue weighted by atomic mass is 10.4. The minimum absolute atomic E-state index is 0.335. The molecule has 0 rings (SSSR count). The summed E-state index contributed by atoms with van der Waals surface area (Å²) in [5.74, 6) is -1.98. The molecule has 4 N–H and O–H groups in total. The topological polar surface area (TPSA) is 122 Å². The molecule has 0 aromatic heterocycles. The van der Waals surface area contributed by atoms with Gasteiger partial charge in [-0.05, 0) is 6.42 Å². The Morgan fingerprint density at radius 2 is 2.00 bits per heavy atom. The van der Waals surface area contributed by atoms with Crippen molar-refractivity contribution in [1.29, 1.82) is 0 Å². The van der Waals surface area contributed by atoms with E-state index in [9.17, 15) is 14.4 Å². The number of ether oxygens (including phenoxy) is 1. The van der Waals surface area contributed by atoms with Crippen molar-refractivity contribution >= 4 is 17.9 Å². The van der Waals surface area contributed by atoms with Gasteiger partial charge in [0.1, 0.15) is 13.1 Å². The van der Waals surface area contributed by atoms with Gasteiger partial charge in [-0.15, -0.1) is 0 Å². The number of carboxylic acid groups (broad SMARTS) is 1. The number of carboxylic acids is 1. The normalized spacial score (nSPS) is 9.71. The van der Waals surface area contributed by atoms with Crippen LogP contribution < -0.4 is 11.1 Å². The molecule has 0 aromatic carbocycles. The molecule has 0 unspecified atom stereocenters. The zero-order valence-electron chi connectivity index (χ0n) is 9.64. The van der Waals surface area contributed by atoms with Crippen LogP contribution in [0.1, 0.15) is 6.42 Å². The number of hydrogen-bond donors (Lipinski definition) is 3. The minimum Gasteiger partial charge on any atom is -0.480 e. The lowest BCUT2D eigenvalue weighted by molar-refractivity contribution is -0.137. The second-order valence-corrected chi connectivity index (χ2v) is 3.29. The van der Waals surface area contributed by atoms with Gasteiger partial charge in [0.15, 0.2) is 0 Å². The number of urea groups is 1. The molecule has 8 heteroatoms. The number of aliphatic carboxylic acids is 1. The van der Waals surface area contributed by atoms with Gasteiger partial charge in [0, 0.05) is 20.3 Å². The van der Waals surface area contributed by atoms with Crippen LogP contribution in [0.15, 0.2) is 0 Å². The maximum Gasteiger partial charge on any atom is 0.323 e. The highest BCUT2D eigenvalue weighted by Gasteiger charge is 2.17. The van der Waals surface area contributed by atoms with E-state index in [-0.39, 0.29) is 0 Å². The summed E-state index contributed by atoms with van der Waals surface area (Å²) in [5, 5.41) is 11.0. The summed E-state index contributed by atoms with van der Waals surface area (Å²) < 4.78 is 4.78.